The molecule has 1 heterocycles. The maximum absolute atomic E-state index is 11.9. The molecule has 0 bridgehead atoms. The number of ether oxygens (including phenoxy) is 1. The lowest BCUT2D eigenvalue weighted by Crippen LogP contribution is -2.28. The quantitative estimate of drug-likeness (QED) is 0.824. The van der Waals surface area contributed by atoms with Gasteiger partial charge in [0.25, 0.3) is 0 Å². The van der Waals surface area contributed by atoms with E-state index in [0.717, 1.165) is 12.1 Å². The van der Waals surface area contributed by atoms with Crippen LogP contribution in [0.25, 0.3) is 0 Å². The van der Waals surface area contributed by atoms with Gasteiger partial charge in [-0.05, 0) is 30.7 Å². The summed E-state index contributed by atoms with van der Waals surface area (Å²) in [5.74, 6) is 0.105. The van der Waals surface area contributed by atoms with Gasteiger partial charge in [-0.25, -0.2) is 0 Å². The Kier molecular flexibility index (Phi) is 3.07. The average molecular weight is 229 g/mol. The van der Waals surface area contributed by atoms with Gasteiger partial charge >= 0.3 is 6.61 Å². The average Bonchev–Trinajstić information content (AvgIpc) is 2.66. The highest BCUT2D eigenvalue weighted by Crippen LogP contribution is 2.29. The summed E-state index contributed by atoms with van der Waals surface area (Å²) >= 11 is 0. The molecular weight excluding hydrogens is 216 g/mol. The van der Waals surface area contributed by atoms with Crippen molar-refractivity contribution in [3.63, 3.8) is 0 Å². The van der Waals surface area contributed by atoms with Gasteiger partial charge in [0.15, 0.2) is 0 Å². The fraction of sp³-hybridized carbons (Fsp3) is 0.455. The molecule has 0 radical (unpaired) electrons. The van der Waals surface area contributed by atoms with Gasteiger partial charge < -0.3 is 15.2 Å². The molecular formula is C11H13F2NO2. The molecule has 1 aromatic rings. The molecule has 2 N–H and O–H groups in total. The van der Waals surface area contributed by atoms with Crippen LogP contribution in [-0.2, 0) is 5.60 Å². The molecule has 1 unspecified atom stereocenters. The lowest BCUT2D eigenvalue weighted by Gasteiger charge is -2.21. The third-order valence-corrected chi connectivity index (χ3v) is 2.75. The molecule has 1 fully saturated rings. The summed E-state index contributed by atoms with van der Waals surface area (Å²) in [6, 6.07) is 6.12. The van der Waals surface area contributed by atoms with Crippen LogP contribution >= 0.6 is 0 Å². The zero-order valence-electron chi connectivity index (χ0n) is 8.62. The van der Waals surface area contributed by atoms with E-state index in [1.807, 2.05) is 0 Å². The largest absolute Gasteiger partial charge is 0.435 e. The summed E-state index contributed by atoms with van der Waals surface area (Å²) in [4.78, 5) is 0. The minimum Gasteiger partial charge on any atom is -0.435 e. The van der Waals surface area contributed by atoms with Crippen LogP contribution in [0, 0.1) is 0 Å². The van der Waals surface area contributed by atoms with Crippen LogP contribution in [0.2, 0.25) is 0 Å². The van der Waals surface area contributed by atoms with Crippen LogP contribution in [-0.4, -0.2) is 24.8 Å². The van der Waals surface area contributed by atoms with Crippen molar-refractivity contribution in [1.29, 1.82) is 0 Å². The van der Waals surface area contributed by atoms with Crippen molar-refractivity contribution in [1.82, 2.24) is 5.32 Å². The van der Waals surface area contributed by atoms with E-state index in [-0.39, 0.29) is 5.75 Å². The van der Waals surface area contributed by atoms with Crippen molar-refractivity contribution in [3.05, 3.63) is 29.8 Å². The van der Waals surface area contributed by atoms with Crippen molar-refractivity contribution in [2.24, 2.45) is 0 Å². The van der Waals surface area contributed by atoms with Crippen LogP contribution < -0.4 is 10.1 Å². The van der Waals surface area contributed by atoms with Crippen LogP contribution in [0.4, 0.5) is 8.78 Å². The summed E-state index contributed by atoms with van der Waals surface area (Å²) in [6.07, 6.45) is 0.627. The van der Waals surface area contributed by atoms with Crippen molar-refractivity contribution in [3.8, 4) is 5.75 Å². The lowest BCUT2D eigenvalue weighted by molar-refractivity contribution is -0.0498. The van der Waals surface area contributed by atoms with Crippen molar-refractivity contribution in [2.75, 3.05) is 13.1 Å². The van der Waals surface area contributed by atoms with Crippen LogP contribution in [0.1, 0.15) is 12.0 Å². The van der Waals surface area contributed by atoms with Gasteiger partial charge in [-0.1, -0.05) is 12.1 Å². The van der Waals surface area contributed by atoms with Gasteiger partial charge in [-0.3, -0.25) is 0 Å². The molecule has 1 aliphatic heterocycles. The van der Waals surface area contributed by atoms with Gasteiger partial charge in [-0.15, -0.1) is 0 Å². The van der Waals surface area contributed by atoms with Crippen molar-refractivity contribution >= 4 is 0 Å². The molecule has 0 amide bonds. The van der Waals surface area contributed by atoms with E-state index in [2.05, 4.69) is 10.1 Å². The number of aliphatic hydroxyl groups is 1. The molecule has 0 aliphatic carbocycles. The minimum absolute atomic E-state index is 0.105. The third kappa shape index (κ3) is 2.31. The van der Waals surface area contributed by atoms with Crippen LogP contribution in [0.15, 0.2) is 24.3 Å². The SMILES string of the molecule is OC1(c2ccc(OC(F)F)cc2)CCNC1. The Bertz CT molecular complexity index is 348. The Morgan fingerprint density at radius 2 is 2.00 bits per heavy atom. The highest BCUT2D eigenvalue weighted by Gasteiger charge is 2.32. The Balaban J connectivity index is 2.12. The first kappa shape index (κ1) is 11.3. The first-order chi connectivity index (χ1) is 7.60. The number of halogens is 2. The monoisotopic (exact) mass is 229 g/mol. The summed E-state index contributed by atoms with van der Waals surface area (Å²) in [5.41, 5.74) is -0.164. The second kappa shape index (κ2) is 4.35. The Hall–Kier alpha value is -1.20. The fourth-order valence-electron chi connectivity index (χ4n) is 1.87. The first-order valence-corrected chi connectivity index (χ1v) is 5.09. The lowest BCUT2D eigenvalue weighted by atomic mass is 9.93. The van der Waals surface area contributed by atoms with E-state index in [0.29, 0.717) is 13.0 Å². The fourth-order valence-corrected chi connectivity index (χ4v) is 1.87. The highest BCUT2D eigenvalue weighted by atomic mass is 19.3. The molecule has 16 heavy (non-hydrogen) atoms. The predicted molar refractivity (Wildman–Crippen MR) is 54.5 cm³/mol. The highest BCUT2D eigenvalue weighted by molar-refractivity contribution is 5.31. The standard InChI is InChI=1S/C11H13F2NO2/c12-10(13)16-9-3-1-8(2-4-9)11(15)5-6-14-7-11/h1-4,10,14-15H,5-7H2. The molecule has 0 saturated carbocycles. The smallest absolute Gasteiger partial charge is 0.387 e. The van der Waals surface area contributed by atoms with E-state index in [1.165, 1.54) is 12.1 Å². The zero-order valence-corrected chi connectivity index (χ0v) is 8.62. The van der Waals surface area contributed by atoms with Gasteiger partial charge in [0.05, 0.1) is 0 Å². The van der Waals surface area contributed by atoms with Crippen molar-refractivity contribution in [2.45, 2.75) is 18.6 Å². The third-order valence-electron chi connectivity index (χ3n) is 2.75. The maximum Gasteiger partial charge on any atom is 0.387 e. The number of nitrogens with one attached hydrogen (secondary N) is 1. The second-order valence-corrected chi connectivity index (χ2v) is 3.86. The number of hydrogen-bond acceptors (Lipinski definition) is 3. The topological polar surface area (TPSA) is 41.5 Å². The number of alkyl halides is 2. The number of rotatable bonds is 3. The minimum atomic E-state index is -2.82. The normalized spacial score (nSPS) is 25.0. The van der Waals surface area contributed by atoms with Crippen LogP contribution in [0.3, 0.4) is 0 Å². The molecule has 0 spiro atoms. The number of β-amino-alcohol motifs (C(OH)–C–C–N with tert-alkyl or cyclic N) is 1. The first-order valence-electron chi connectivity index (χ1n) is 5.09. The van der Waals surface area contributed by atoms with Gasteiger partial charge in [0, 0.05) is 6.54 Å². The molecule has 1 aromatic carbocycles. The molecule has 88 valence electrons. The van der Waals surface area contributed by atoms with Crippen molar-refractivity contribution < 1.29 is 18.6 Å². The van der Waals surface area contributed by atoms with Crippen LogP contribution in [0.5, 0.6) is 5.75 Å². The molecule has 2 rings (SSSR count). The van der Waals surface area contributed by atoms with E-state index in [1.54, 1.807) is 12.1 Å². The van der Waals surface area contributed by atoms with E-state index < -0.39 is 12.2 Å². The molecule has 1 saturated heterocycles. The summed E-state index contributed by atoms with van der Waals surface area (Å²) < 4.78 is 28.1. The summed E-state index contributed by atoms with van der Waals surface area (Å²) in [7, 11) is 0. The molecule has 1 aliphatic rings. The zero-order chi connectivity index (χ0) is 11.6. The molecule has 3 nitrogen and oxygen atoms in total. The Labute approximate surface area is 92.0 Å². The molecule has 5 heteroatoms. The van der Waals surface area contributed by atoms with Gasteiger partial charge in [0.2, 0.25) is 0 Å². The van der Waals surface area contributed by atoms with E-state index >= 15 is 0 Å². The number of hydrogen-bond donors (Lipinski definition) is 2. The predicted octanol–water partition coefficient (Wildman–Crippen LogP) is 1.47. The Morgan fingerprint density at radius 3 is 2.50 bits per heavy atom. The van der Waals surface area contributed by atoms with Gasteiger partial charge in [-0.2, -0.15) is 8.78 Å². The van der Waals surface area contributed by atoms with E-state index in [4.69, 9.17) is 0 Å². The van der Waals surface area contributed by atoms with Gasteiger partial charge in [0.1, 0.15) is 11.4 Å². The maximum atomic E-state index is 11.9. The summed E-state index contributed by atoms with van der Waals surface area (Å²) in [6.45, 7) is -1.57. The molecule has 1 atom stereocenters. The number of benzene rings is 1. The van der Waals surface area contributed by atoms with E-state index in [9.17, 15) is 13.9 Å². The molecule has 0 aromatic heterocycles. The summed E-state index contributed by atoms with van der Waals surface area (Å²) in [5, 5.41) is 13.2. The Morgan fingerprint density at radius 1 is 1.31 bits per heavy atom. The second-order valence-electron chi connectivity index (χ2n) is 3.86.